The first-order valence-electron chi connectivity index (χ1n) is 7.55. The fraction of sp³-hybridized carbons (Fsp3) is 0.312. The molecule has 1 aliphatic heterocycles. The molecule has 8 heteroatoms. The maximum atomic E-state index is 12.9. The van der Waals surface area contributed by atoms with Gasteiger partial charge in [0.15, 0.2) is 0 Å². The van der Waals surface area contributed by atoms with E-state index in [0.29, 0.717) is 31.5 Å². The number of nitrogens with one attached hydrogen (secondary N) is 1. The summed E-state index contributed by atoms with van der Waals surface area (Å²) in [6.07, 6.45) is 3.87. The van der Waals surface area contributed by atoms with Gasteiger partial charge in [-0.1, -0.05) is 0 Å². The maximum absolute atomic E-state index is 12.9. The van der Waals surface area contributed by atoms with E-state index >= 15 is 0 Å². The largest absolute Gasteiger partial charge is 0.472 e. The summed E-state index contributed by atoms with van der Waals surface area (Å²) in [6.45, 7) is 0.918. The van der Waals surface area contributed by atoms with Crippen LogP contribution >= 0.6 is 0 Å². The van der Waals surface area contributed by atoms with Crippen LogP contribution < -0.4 is 4.72 Å². The Labute approximate surface area is 139 Å². The molecule has 1 fully saturated rings. The molecule has 2 heterocycles. The van der Waals surface area contributed by atoms with Crippen LogP contribution in [0, 0.1) is 5.82 Å². The molecule has 1 aromatic heterocycles. The minimum Gasteiger partial charge on any atom is -0.472 e. The molecule has 0 saturated carbocycles. The molecule has 0 radical (unpaired) electrons. The summed E-state index contributed by atoms with van der Waals surface area (Å²) in [6, 6.07) is 6.03. The number of nitrogens with zero attached hydrogens (tertiary/aromatic N) is 1. The van der Waals surface area contributed by atoms with Gasteiger partial charge in [0.1, 0.15) is 12.1 Å². The van der Waals surface area contributed by atoms with Crippen LogP contribution in [0.25, 0.3) is 0 Å². The number of furan rings is 1. The van der Waals surface area contributed by atoms with Gasteiger partial charge in [0.05, 0.1) is 16.7 Å². The van der Waals surface area contributed by atoms with Crippen molar-refractivity contribution in [1.82, 2.24) is 9.62 Å². The van der Waals surface area contributed by atoms with Crippen LogP contribution in [-0.4, -0.2) is 38.4 Å². The number of carbonyl (C=O) groups excluding carboxylic acids is 1. The highest BCUT2D eigenvalue weighted by Gasteiger charge is 2.27. The molecule has 0 atom stereocenters. The maximum Gasteiger partial charge on any atom is 0.257 e. The SMILES string of the molecule is O=C(c1ccoc1)N1CCC(NS(=O)(=O)c2ccc(F)cc2)CC1. The molecule has 2 aromatic rings. The molecule has 1 aromatic carbocycles. The van der Waals surface area contributed by atoms with E-state index in [1.807, 2.05) is 0 Å². The molecular weight excluding hydrogens is 335 g/mol. The smallest absolute Gasteiger partial charge is 0.257 e. The zero-order valence-electron chi connectivity index (χ0n) is 12.8. The van der Waals surface area contributed by atoms with Crippen LogP contribution in [-0.2, 0) is 10.0 Å². The number of carbonyl (C=O) groups is 1. The number of amides is 1. The molecule has 0 unspecified atom stereocenters. The van der Waals surface area contributed by atoms with E-state index in [9.17, 15) is 17.6 Å². The topological polar surface area (TPSA) is 79.6 Å². The molecule has 0 bridgehead atoms. The lowest BCUT2D eigenvalue weighted by atomic mass is 10.1. The van der Waals surface area contributed by atoms with Gasteiger partial charge in [-0.15, -0.1) is 0 Å². The fourth-order valence-electron chi connectivity index (χ4n) is 2.67. The van der Waals surface area contributed by atoms with Crippen molar-refractivity contribution in [2.45, 2.75) is 23.8 Å². The first kappa shape index (κ1) is 16.7. The average Bonchev–Trinajstić information content (AvgIpc) is 3.09. The van der Waals surface area contributed by atoms with Gasteiger partial charge in [-0.05, 0) is 43.2 Å². The number of sulfonamides is 1. The summed E-state index contributed by atoms with van der Waals surface area (Å²) in [5.41, 5.74) is 0.486. The van der Waals surface area contributed by atoms with Gasteiger partial charge < -0.3 is 9.32 Å². The summed E-state index contributed by atoms with van der Waals surface area (Å²) >= 11 is 0. The summed E-state index contributed by atoms with van der Waals surface area (Å²) in [5.74, 6) is -0.608. The fourth-order valence-corrected chi connectivity index (χ4v) is 3.98. The lowest BCUT2D eigenvalue weighted by molar-refractivity contribution is 0.0710. The highest BCUT2D eigenvalue weighted by atomic mass is 32.2. The second-order valence-corrected chi connectivity index (χ2v) is 7.37. The molecule has 0 spiro atoms. The van der Waals surface area contributed by atoms with Crippen LogP contribution in [0.2, 0.25) is 0 Å². The zero-order valence-corrected chi connectivity index (χ0v) is 13.6. The minimum absolute atomic E-state index is 0.0285. The standard InChI is InChI=1S/C16H17FN2O4S/c17-13-1-3-15(4-2-13)24(21,22)18-14-5-8-19(9-6-14)16(20)12-7-10-23-11-12/h1-4,7,10-11,14,18H,5-6,8-9H2. The predicted molar refractivity (Wildman–Crippen MR) is 84.4 cm³/mol. The van der Waals surface area contributed by atoms with E-state index in [1.54, 1.807) is 11.0 Å². The Hall–Kier alpha value is -2.19. The van der Waals surface area contributed by atoms with E-state index in [-0.39, 0.29) is 16.8 Å². The second kappa shape index (κ2) is 6.74. The van der Waals surface area contributed by atoms with Crippen LogP contribution in [0.15, 0.2) is 52.2 Å². The van der Waals surface area contributed by atoms with E-state index in [4.69, 9.17) is 4.42 Å². The van der Waals surface area contributed by atoms with E-state index in [1.165, 1.54) is 24.7 Å². The second-order valence-electron chi connectivity index (χ2n) is 5.65. The van der Waals surface area contributed by atoms with Crippen LogP contribution in [0.3, 0.4) is 0 Å². The number of likely N-dealkylation sites (tertiary alicyclic amines) is 1. The summed E-state index contributed by atoms with van der Waals surface area (Å²) in [7, 11) is -3.69. The first-order chi connectivity index (χ1) is 11.5. The third kappa shape index (κ3) is 3.65. The number of piperidine rings is 1. The molecule has 0 aliphatic carbocycles. The van der Waals surface area contributed by atoms with Gasteiger partial charge >= 0.3 is 0 Å². The number of hydrogen-bond donors (Lipinski definition) is 1. The average molecular weight is 352 g/mol. The van der Waals surface area contributed by atoms with Gasteiger partial charge in [-0.25, -0.2) is 17.5 Å². The molecule has 1 N–H and O–H groups in total. The Morgan fingerprint density at radius 2 is 1.83 bits per heavy atom. The van der Waals surface area contributed by atoms with Crippen molar-refractivity contribution in [3.05, 3.63) is 54.2 Å². The van der Waals surface area contributed by atoms with Crippen molar-refractivity contribution in [1.29, 1.82) is 0 Å². The van der Waals surface area contributed by atoms with E-state index in [0.717, 1.165) is 12.1 Å². The lowest BCUT2D eigenvalue weighted by Crippen LogP contribution is -2.46. The normalized spacial score (nSPS) is 16.3. The molecule has 1 amide bonds. The van der Waals surface area contributed by atoms with E-state index in [2.05, 4.69) is 4.72 Å². The zero-order chi connectivity index (χ0) is 17.2. The summed E-state index contributed by atoms with van der Waals surface area (Å²) in [4.78, 5) is 13.9. The van der Waals surface area contributed by atoms with Gasteiger partial charge in [0.25, 0.3) is 5.91 Å². The molecule has 24 heavy (non-hydrogen) atoms. The molecular formula is C16H17FN2O4S. The van der Waals surface area contributed by atoms with Crippen molar-refractivity contribution in [2.24, 2.45) is 0 Å². The van der Waals surface area contributed by atoms with Crippen LogP contribution in [0.1, 0.15) is 23.2 Å². The van der Waals surface area contributed by atoms with E-state index < -0.39 is 15.8 Å². The highest BCUT2D eigenvalue weighted by Crippen LogP contribution is 2.17. The highest BCUT2D eigenvalue weighted by molar-refractivity contribution is 7.89. The molecule has 6 nitrogen and oxygen atoms in total. The van der Waals surface area contributed by atoms with Gasteiger partial charge in [-0.3, -0.25) is 4.79 Å². The quantitative estimate of drug-likeness (QED) is 0.913. The number of hydrogen-bond acceptors (Lipinski definition) is 4. The Bertz CT molecular complexity index is 795. The van der Waals surface area contributed by atoms with Crippen molar-refractivity contribution in [2.75, 3.05) is 13.1 Å². The Morgan fingerprint density at radius 3 is 2.42 bits per heavy atom. The molecule has 128 valence electrons. The van der Waals surface area contributed by atoms with Gasteiger partial charge in [0, 0.05) is 19.1 Å². The first-order valence-corrected chi connectivity index (χ1v) is 9.03. The third-order valence-electron chi connectivity index (χ3n) is 4.00. The third-order valence-corrected chi connectivity index (χ3v) is 5.53. The summed E-state index contributed by atoms with van der Waals surface area (Å²) in [5, 5.41) is 0. The van der Waals surface area contributed by atoms with Crippen LogP contribution in [0.5, 0.6) is 0 Å². The lowest BCUT2D eigenvalue weighted by Gasteiger charge is -2.32. The van der Waals surface area contributed by atoms with Crippen molar-refractivity contribution in [3.63, 3.8) is 0 Å². The number of rotatable bonds is 4. The van der Waals surface area contributed by atoms with Gasteiger partial charge in [0.2, 0.25) is 10.0 Å². The van der Waals surface area contributed by atoms with Crippen molar-refractivity contribution >= 4 is 15.9 Å². The number of benzene rings is 1. The van der Waals surface area contributed by atoms with Crippen molar-refractivity contribution in [3.8, 4) is 0 Å². The van der Waals surface area contributed by atoms with Gasteiger partial charge in [-0.2, -0.15) is 0 Å². The summed E-state index contributed by atoms with van der Waals surface area (Å²) < 4.78 is 45.0. The molecule has 3 rings (SSSR count). The van der Waals surface area contributed by atoms with Crippen LogP contribution in [0.4, 0.5) is 4.39 Å². The van der Waals surface area contributed by atoms with Crippen molar-refractivity contribution < 1.29 is 22.0 Å². The Morgan fingerprint density at radius 1 is 1.17 bits per heavy atom. The monoisotopic (exact) mass is 352 g/mol. The number of halogens is 1. The minimum atomic E-state index is -3.69. The Balaban J connectivity index is 1.59. The Kier molecular flexibility index (Phi) is 4.68. The predicted octanol–water partition coefficient (Wildman–Crippen LogP) is 2.00. The molecule has 1 aliphatic rings. The molecule has 1 saturated heterocycles.